The largest absolute Gasteiger partial charge is 0.497 e. The van der Waals surface area contributed by atoms with Crippen molar-refractivity contribution < 1.29 is 18.8 Å². The minimum Gasteiger partial charge on any atom is -0.497 e. The highest BCUT2D eigenvalue weighted by molar-refractivity contribution is 7.85. The van der Waals surface area contributed by atoms with Gasteiger partial charge in [-0.05, 0) is 17.7 Å². The van der Waals surface area contributed by atoms with Crippen LogP contribution in [0.5, 0.6) is 5.75 Å². The molecule has 1 fully saturated rings. The van der Waals surface area contributed by atoms with Crippen LogP contribution >= 0.6 is 0 Å². The van der Waals surface area contributed by atoms with E-state index in [-0.39, 0.29) is 11.8 Å². The fourth-order valence-electron chi connectivity index (χ4n) is 1.95. The van der Waals surface area contributed by atoms with Crippen LogP contribution in [0.15, 0.2) is 24.3 Å². The van der Waals surface area contributed by atoms with Crippen molar-refractivity contribution in [1.29, 1.82) is 0 Å². The van der Waals surface area contributed by atoms with Crippen molar-refractivity contribution in [3.05, 3.63) is 29.8 Å². The second-order valence-electron chi connectivity index (χ2n) is 4.16. The van der Waals surface area contributed by atoms with Crippen LogP contribution in [-0.2, 0) is 15.6 Å². The normalized spacial score (nSPS) is 27.7. The molecule has 1 aliphatic heterocycles. The Morgan fingerprint density at radius 1 is 1.39 bits per heavy atom. The zero-order chi connectivity index (χ0) is 13.1. The molecule has 0 aromatic heterocycles. The lowest BCUT2D eigenvalue weighted by Crippen LogP contribution is -2.49. The Labute approximate surface area is 108 Å². The Kier molecular flexibility index (Phi) is 3.98. The Morgan fingerprint density at radius 2 is 2.06 bits per heavy atom. The summed E-state index contributed by atoms with van der Waals surface area (Å²) in [6.45, 7) is 0. The molecule has 5 nitrogen and oxygen atoms in total. The van der Waals surface area contributed by atoms with Gasteiger partial charge in [-0.1, -0.05) is 12.1 Å². The van der Waals surface area contributed by atoms with Crippen molar-refractivity contribution in [2.24, 2.45) is 0 Å². The van der Waals surface area contributed by atoms with Gasteiger partial charge in [0.15, 0.2) is 0 Å². The van der Waals surface area contributed by atoms with E-state index in [1.165, 1.54) is 0 Å². The second kappa shape index (κ2) is 5.49. The van der Waals surface area contributed by atoms with Gasteiger partial charge in [0.05, 0.1) is 7.11 Å². The van der Waals surface area contributed by atoms with Gasteiger partial charge in [0.1, 0.15) is 11.8 Å². The maximum absolute atomic E-state index is 11.7. The first-order valence-electron chi connectivity index (χ1n) is 5.58. The lowest BCUT2D eigenvalue weighted by molar-refractivity contribution is -0.139. The number of hydrogen-bond acceptors (Lipinski definition) is 4. The van der Waals surface area contributed by atoms with E-state index in [2.05, 4.69) is 5.32 Å². The fourth-order valence-corrected chi connectivity index (χ4v) is 3.36. The molecule has 1 aromatic carbocycles. The Bertz CT molecular complexity index is 460. The summed E-state index contributed by atoms with van der Waals surface area (Å²) in [4.78, 5) is 11.0. The lowest BCUT2D eigenvalue weighted by atomic mass is 10.1. The van der Waals surface area contributed by atoms with E-state index in [1.807, 2.05) is 24.3 Å². The molecule has 0 aliphatic carbocycles. The summed E-state index contributed by atoms with van der Waals surface area (Å²) < 4.78 is 16.7. The maximum Gasteiger partial charge on any atom is 0.321 e. The number of ether oxygens (including phenoxy) is 1. The van der Waals surface area contributed by atoms with Crippen molar-refractivity contribution in [1.82, 2.24) is 5.32 Å². The number of rotatable bonds is 3. The van der Waals surface area contributed by atoms with Gasteiger partial charge in [0, 0.05) is 28.3 Å². The van der Waals surface area contributed by atoms with Crippen LogP contribution in [0.4, 0.5) is 0 Å². The van der Waals surface area contributed by atoms with E-state index in [1.54, 1.807) is 7.11 Å². The summed E-state index contributed by atoms with van der Waals surface area (Å²) in [5.41, 5.74) is 0.926. The van der Waals surface area contributed by atoms with Crippen molar-refractivity contribution >= 4 is 16.8 Å². The number of carbonyl (C=O) groups is 1. The van der Waals surface area contributed by atoms with Crippen LogP contribution in [0, 0.1) is 0 Å². The fraction of sp³-hybridized carbons (Fsp3) is 0.417. The summed E-state index contributed by atoms with van der Waals surface area (Å²) in [5, 5.41) is 12.0. The summed E-state index contributed by atoms with van der Waals surface area (Å²) in [6, 6.07) is 6.41. The van der Waals surface area contributed by atoms with Crippen LogP contribution < -0.4 is 10.1 Å². The van der Waals surface area contributed by atoms with E-state index in [9.17, 15) is 9.00 Å². The molecule has 3 atom stereocenters. The van der Waals surface area contributed by atoms with Gasteiger partial charge >= 0.3 is 5.97 Å². The molecular formula is C12H15NO4S. The van der Waals surface area contributed by atoms with Gasteiger partial charge in [0.25, 0.3) is 0 Å². The number of nitrogens with one attached hydrogen (secondary N) is 1. The number of hydrogen-bond donors (Lipinski definition) is 2. The second-order valence-corrected chi connectivity index (χ2v) is 5.70. The molecule has 2 rings (SSSR count). The number of benzene rings is 1. The number of carboxylic acids is 1. The van der Waals surface area contributed by atoms with Crippen LogP contribution in [0.3, 0.4) is 0 Å². The Balaban J connectivity index is 2.15. The highest BCUT2D eigenvalue weighted by Crippen LogP contribution is 2.21. The molecular weight excluding hydrogens is 254 g/mol. The van der Waals surface area contributed by atoms with Crippen molar-refractivity contribution in [2.75, 3.05) is 18.6 Å². The quantitative estimate of drug-likeness (QED) is 0.837. The number of methoxy groups -OCH3 is 1. The topological polar surface area (TPSA) is 75.6 Å². The molecule has 6 heteroatoms. The van der Waals surface area contributed by atoms with Gasteiger partial charge in [-0.15, -0.1) is 0 Å². The molecule has 98 valence electrons. The first-order valence-corrected chi connectivity index (χ1v) is 7.06. The monoisotopic (exact) mass is 269 g/mol. The van der Waals surface area contributed by atoms with E-state index in [0.29, 0.717) is 5.75 Å². The van der Waals surface area contributed by atoms with Gasteiger partial charge in [-0.2, -0.15) is 0 Å². The molecule has 0 saturated carbocycles. The first kappa shape index (κ1) is 13.0. The molecule has 0 radical (unpaired) electrons. The zero-order valence-corrected chi connectivity index (χ0v) is 10.8. The van der Waals surface area contributed by atoms with E-state index in [4.69, 9.17) is 9.84 Å². The van der Waals surface area contributed by atoms with E-state index >= 15 is 0 Å². The third-order valence-corrected chi connectivity index (χ3v) is 4.33. The van der Waals surface area contributed by atoms with Crippen LogP contribution in [-0.4, -0.2) is 39.9 Å². The standard InChI is InChI=1S/C12H15NO4S/c1-17-9-4-2-8(3-5-9)10-6-18(16)7-11(13-10)12(14)15/h2-5,10-11,13H,6-7H2,1H3,(H,14,15). The summed E-state index contributed by atoms with van der Waals surface area (Å²) in [5.74, 6) is 0.394. The Hall–Kier alpha value is -1.40. The van der Waals surface area contributed by atoms with Gasteiger partial charge in [-0.3, -0.25) is 14.3 Å². The average molecular weight is 269 g/mol. The third kappa shape index (κ3) is 2.88. The first-order chi connectivity index (χ1) is 8.60. The number of carboxylic acid groups (broad SMARTS) is 1. The smallest absolute Gasteiger partial charge is 0.321 e. The zero-order valence-electron chi connectivity index (χ0n) is 9.96. The molecule has 0 spiro atoms. The molecule has 1 aromatic rings. The summed E-state index contributed by atoms with van der Waals surface area (Å²) >= 11 is 0. The average Bonchev–Trinajstić information content (AvgIpc) is 2.38. The van der Waals surface area contributed by atoms with Crippen molar-refractivity contribution in [3.63, 3.8) is 0 Å². The highest BCUT2D eigenvalue weighted by Gasteiger charge is 2.30. The van der Waals surface area contributed by atoms with Gasteiger partial charge in [0.2, 0.25) is 0 Å². The van der Waals surface area contributed by atoms with E-state index in [0.717, 1.165) is 11.3 Å². The summed E-state index contributed by atoms with van der Waals surface area (Å²) in [6.07, 6.45) is 0. The molecule has 0 amide bonds. The molecule has 1 heterocycles. The molecule has 1 aliphatic rings. The van der Waals surface area contributed by atoms with Crippen LogP contribution in [0.2, 0.25) is 0 Å². The van der Waals surface area contributed by atoms with Gasteiger partial charge in [-0.25, -0.2) is 0 Å². The van der Waals surface area contributed by atoms with Crippen LogP contribution in [0.25, 0.3) is 0 Å². The van der Waals surface area contributed by atoms with Crippen molar-refractivity contribution in [3.8, 4) is 5.75 Å². The molecule has 2 N–H and O–H groups in total. The van der Waals surface area contributed by atoms with Crippen LogP contribution in [0.1, 0.15) is 11.6 Å². The molecule has 18 heavy (non-hydrogen) atoms. The third-order valence-electron chi connectivity index (χ3n) is 2.92. The predicted molar refractivity (Wildman–Crippen MR) is 68.2 cm³/mol. The maximum atomic E-state index is 11.7. The Morgan fingerprint density at radius 3 is 2.61 bits per heavy atom. The van der Waals surface area contributed by atoms with Crippen molar-refractivity contribution in [2.45, 2.75) is 12.1 Å². The van der Waals surface area contributed by atoms with E-state index < -0.39 is 22.8 Å². The van der Waals surface area contributed by atoms with Gasteiger partial charge < -0.3 is 9.84 Å². The lowest BCUT2D eigenvalue weighted by Gasteiger charge is -2.28. The minimum atomic E-state index is -1.10. The molecule has 0 bridgehead atoms. The SMILES string of the molecule is COc1ccc(C2CS(=O)CC(C(=O)O)N2)cc1. The predicted octanol–water partition coefficient (Wildman–Crippen LogP) is 0.541. The molecule has 3 unspecified atom stereocenters. The number of aliphatic carboxylic acids is 1. The summed E-state index contributed by atoms with van der Waals surface area (Å²) in [7, 11) is 0.484. The highest BCUT2D eigenvalue weighted by atomic mass is 32.2. The molecule has 1 saturated heterocycles. The minimum absolute atomic E-state index is 0.169.